The molecule has 2 nitrogen and oxygen atoms in total. The van der Waals surface area contributed by atoms with Crippen molar-refractivity contribution in [1.29, 1.82) is 0 Å². The van der Waals surface area contributed by atoms with Gasteiger partial charge < -0.3 is 10.8 Å². The third kappa shape index (κ3) is 3.73. The second-order valence-corrected chi connectivity index (χ2v) is 5.51. The van der Waals surface area contributed by atoms with Gasteiger partial charge in [-0.2, -0.15) is 0 Å². The Kier molecular flexibility index (Phi) is 5.55. The van der Waals surface area contributed by atoms with E-state index in [2.05, 4.69) is 0 Å². The van der Waals surface area contributed by atoms with Crippen LogP contribution in [0.3, 0.4) is 0 Å². The number of rotatable bonds is 4. The van der Waals surface area contributed by atoms with Gasteiger partial charge in [0.1, 0.15) is 0 Å². The fraction of sp³-hybridized carbons (Fsp3) is 0.500. The van der Waals surface area contributed by atoms with Crippen LogP contribution < -0.4 is 5.73 Å². The van der Waals surface area contributed by atoms with Gasteiger partial charge >= 0.3 is 0 Å². The third-order valence-corrected chi connectivity index (χ3v) is 3.92. The molecule has 3 unspecified atom stereocenters. The molecule has 1 aromatic carbocycles. The summed E-state index contributed by atoms with van der Waals surface area (Å²) in [5.74, 6) is -0.00491. The number of hydrogen-bond donors (Lipinski definition) is 2. The van der Waals surface area contributed by atoms with Crippen LogP contribution in [0.2, 0.25) is 15.1 Å². The lowest BCUT2D eigenvalue weighted by Crippen LogP contribution is -2.32. The van der Waals surface area contributed by atoms with Gasteiger partial charge in [-0.1, -0.05) is 41.7 Å². The second kappa shape index (κ2) is 6.26. The molecule has 3 N–H and O–H groups in total. The van der Waals surface area contributed by atoms with E-state index in [0.717, 1.165) is 5.56 Å². The Hall–Kier alpha value is 0.01000. The summed E-state index contributed by atoms with van der Waals surface area (Å²) >= 11 is 18.2. The van der Waals surface area contributed by atoms with Crippen LogP contribution in [0.25, 0.3) is 0 Å². The first kappa shape index (κ1) is 15.1. The van der Waals surface area contributed by atoms with Crippen molar-refractivity contribution in [2.75, 3.05) is 0 Å². The molecule has 0 amide bonds. The molecular formula is C12H16Cl3NO. The topological polar surface area (TPSA) is 46.2 Å². The Balaban J connectivity index is 2.96. The van der Waals surface area contributed by atoms with Crippen LogP contribution in [-0.4, -0.2) is 17.3 Å². The maximum absolute atomic E-state index is 9.77. The molecule has 17 heavy (non-hydrogen) atoms. The van der Waals surface area contributed by atoms with E-state index in [0.29, 0.717) is 21.5 Å². The average Bonchev–Trinajstić information content (AvgIpc) is 2.24. The first-order chi connectivity index (χ1) is 7.84. The Morgan fingerprint density at radius 1 is 1.18 bits per heavy atom. The number of benzene rings is 1. The van der Waals surface area contributed by atoms with E-state index in [1.165, 1.54) is 0 Å². The lowest BCUT2D eigenvalue weighted by molar-refractivity contribution is 0.134. The minimum Gasteiger partial charge on any atom is -0.392 e. The van der Waals surface area contributed by atoms with E-state index >= 15 is 0 Å². The lowest BCUT2D eigenvalue weighted by atomic mass is 9.93. The van der Waals surface area contributed by atoms with E-state index in [4.69, 9.17) is 40.5 Å². The monoisotopic (exact) mass is 295 g/mol. The highest BCUT2D eigenvalue weighted by Gasteiger charge is 2.20. The zero-order valence-corrected chi connectivity index (χ0v) is 12.0. The summed E-state index contributed by atoms with van der Waals surface area (Å²) in [6, 6.07) is 3.08. The summed E-state index contributed by atoms with van der Waals surface area (Å²) < 4.78 is 0. The lowest BCUT2D eigenvalue weighted by Gasteiger charge is -2.21. The van der Waals surface area contributed by atoms with E-state index < -0.39 is 6.10 Å². The van der Waals surface area contributed by atoms with Crippen molar-refractivity contribution in [3.05, 3.63) is 32.8 Å². The highest BCUT2D eigenvalue weighted by Crippen LogP contribution is 2.38. The highest BCUT2D eigenvalue weighted by atomic mass is 35.5. The van der Waals surface area contributed by atoms with Gasteiger partial charge in [0.25, 0.3) is 0 Å². The molecule has 1 aromatic rings. The van der Waals surface area contributed by atoms with Crippen LogP contribution in [0.15, 0.2) is 12.1 Å². The van der Waals surface area contributed by atoms with Gasteiger partial charge in [0, 0.05) is 11.1 Å². The summed E-state index contributed by atoms with van der Waals surface area (Å²) in [5.41, 5.74) is 6.39. The van der Waals surface area contributed by atoms with Gasteiger partial charge in [-0.3, -0.25) is 0 Å². The van der Waals surface area contributed by atoms with Crippen LogP contribution in [0.1, 0.15) is 31.7 Å². The first-order valence-corrected chi connectivity index (χ1v) is 6.55. The molecule has 5 heteroatoms. The summed E-state index contributed by atoms with van der Waals surface area (Å²) in [7, 11) is 0. The standard InChI is InChI=1S/C12H16Cl3NO/c1-6(5-10(17)7(2)16)11-8(13)3-4-9(14)12(11)15/h3-4,6-7,10,17H,5,16H2,1-2H3. The van der Waals surface area contributed by atoms with Gasteiger partial charge in [0.2, 0.25) is 0 Å². The minimum atomic E-state index is -0.587. The molecule has 96 valence electrons. The summed E-state index contributed by atoms with van der Waals surface area (Å²) in [6.07, 6.45) is -0.0895. The highest BCUT2D eigenvalue weighted by molar-refractivity contribution is 6.44. The largest absolute Gasteiger partial charge is 0.392 e. The van der Waals surface area contributed by atoms with Crippen molar-refractivity contribution in [2.24, 2.45) is 5.73 Å². The van der Waals surface area contributed by atoms with Crippen LogP contribution in [-0.2, 0) is 0 Å². The van der Waals surface area contributed by atoms with Crippen LogP contribution in [0.4, 0.5) is 0 Å². The molecule has 0 aliphatic heterocycles. The molecule has 0 aromatic heterocycles. The number of hydrogen-bond acceptors (Lipinski definition) is 2. The fourth-order valence-corrected chi connectivity index (χ4v) is 2.60. The second-order valence-electron chi connectivity index (χ2n) is 4.32. The Morgan fingerprint density at radius 2 is 1.71 bits per heavy atom. The molecule has 3 atom stereocenters. The number of aliphatic hydroxyl groups excluding tert-OH is 1. The van der Waals surface area contributed by atoms with E-state index in [1.54, 1.807) is 19.1 Å². The smallest absolute Gasteiger partial charge is 0.0694 e. The molecule has 0 saturated carbocycles. The number of aliphatic hydroxyl groups is 1. The SMILES string of the molecule is CC(CC(O)C(C)N)c1c(Cl)ccc(Cl)c1Cl. The summed E-state index contributed by atoms with van der Waals surface area (Å²) in [4.78, 5) is 0. The maximum atomic E-state index is 9.77. The van der Waals surface area contributed by atoms with Crippen molar-refractivity contribution >= 4 is 34.8 Å². The minimum absolute atomic E-state index is 0.00491. The van der Waals surface area contributed by atoms with Crippen molar-refractivity contribution in [3.63, 3.8) is 0 Å². The van der Waals surface area contributed by atoms with Crippen LogP contribution >= 0.6 is 34.8 Å². The van der Waals surface area contributed by atoms with Crippen molar-refractivity contribution in [1.82, 2.24) is 0 Å². The zero-order valence-electron chi connectivity index (χ0n) is 9.75. The number of nitrogens with two attached hydrogens (primary N) is 1. The maximum Gasteiger partial charge on any atom is 0.0694 e. The predicted molar refractivity (Wildman–Crippen MR) is 74.2 cm³/mol. The Morgan fingerprint density at radius 3 is 2.24 bits per heavy atom. The van der Waals surface area contributed by atoms with E-state index in [-0.39, 0.29) is 12.0 Å². The molecule has 0 fully saturated rings. The van der Waals surface area contributed by atoms with Crippen molar-refractivity contribution in [2.45, 2.75) is 38.3 Å². The molecular weight excluding hydrogens is 280 g/mol. The molecule has 0 spiro atoms. The first-order valence-electron chi connectivity index (χ1n) is 5.41. The predicted octanol–water partition coefficient (Wildman–Crippen LogP) is 3.85. The normalized spacial score (nSPS) is 16.6. The Bertz CT molecular complexity index is 396. The van der Waals surface area contributed by atoms with Crippen LogP contribution in [0.5, 0.6) is 0 Å². The van der Waals surface area contributed by atoms with E-state index in [9.17, 15) is 5.11 Å². The summed E-state index contributed by atoms with van der Waals surface area (Å²) in [5, 5.41) is 11.2. The number of halogens is 3. The van der Waals surface area contributed by atoms with Gasteiger partial charge in [-0.25, -0.2) is 0 Å². The van der Waals surface area contributed by atoms with Crippen molar-refractivity contribution < 1.29 is 5.11 Å². The van der Waals surface area contributed by atoms with Crippen molar-refractivity contribution in [3.8, 4) is 0 Å². The zero-order chi connectivity index (χ0) is 13.2. The molecule has 1 rings (SSSR count). The molecule has 0 radical (unpaired) electrons. The van der Waals surface area contributed by atoms with E-state index in [1.807, 2.05) is 6.92 Å². The molecule has 0 aliphatic carbocycles. The van der Waals surface area contributed by atoms with Gasteiger partial charge in [-0.05, 0) is 37.0 Å². The average molecular weight is 297 g/mol. The quantitative estimate of drug-likeness (QED) is 0.829. The molecule has 0 saturated heterocycles. The summed E-state index contributed by atoms with van der Waals surface area (Å²) in [6.45, 7) is 3.70. The fourth-order valence-electron chi connectivity index (χ4n) is 1.69. The molecule has 0 bridgehead atoms. The van der Waals surface area contributed by atoms with Gasteiger partial charge in [-0.15, -0.1) is 0 Å². The third-order valence-electron chi connectivity index (χ3n) is 2.77. The van der Waals surface area contributed by atoms with Gasteiger partial charge in [0.15, 0.2) is 0 Å². The van der Waals surface area contributed by atoms with Gasteiger partial charge in [0.05, 0.1) is 16.1 Å². The Labute approximate surface area is 117 Å². The molecule has 0 heterocycles. The van der Waals surface area contributed by atoms with Crippen LogP contribution in [0, 0.1) is 0 Å². The molecule has 0 aliphatic rings.